The number of alkyl halides is 3. The van der Waals surface area contributed by atoms with Gasteiger partial charge in [0.15, 0.2) is 0 Å². The van der Waals surface area contributed by atoms with Gasteiger partial charge in [-0.05, 0) is 28.1 Å². The highest BCUT2D eigenvalue weighted by Crippen LogP contribution is 2.24. The molecule has 0 atom stereocenters. The number of hydrogen-bond donors (Lipinski definition) is 0. The van der Waals surface area contributed by atoms with E-state index in [0.29, 0.717) is 5.69 Å². The molecule has 0 aliphatic heterocycles. The maximum Gasteiger partial charge on any atom is 0.573 e. The van der Waals surface area contributed by atoms with Gasteiger partial charge in [-0.3, -0.25) is 0 Å². The van der Waals surface area contributed by atoms with Crippen LogP contribution in [-0.2, 0) is 0 Å². The van der Waals surface area contributed by atoms with Gasteiger partial charge in [-0.15, -0.1) is 13.2 Å². The van der Waals surface area contributed by atoms with Gasteiger partial charge >= 0.3 is 6.36 Å². The van der Waals surface area contributed by atoms with Crippen molar-refractivity contribution in [3.63, 3.8) is 0 Å². The van der Waals surface area contributed by atoms with E-state index in [2.05, 4.69) is 25.8 Å². The molecule has 90 valence electrons. The summed E-state index contributed by atoms with van der Waals surface area (Å²) in [5, 5.41) is 3.96. The fourth-order valence-corrected chi connectivity index (χ4v) is 1.55. The second-order valence-corrected chi connectivity index (χ2v) is 4.06. The predicted octanol–water partition coefficient (Wildman–Crippen LogP) is 3.53. The largest absolute Gasteiger partial charge is 0.573 e. The van der Waals surface area contributed by atoms with Gasteiger partial charge < -0.3 is 4.74 Å². The topological polar surface area (TPSA) is 27.1 Å². The Balaban J connectivity index is 2.29. The van der Waals surface area contributed by atoms with E-state index in [9.17, 15) is 13.2 Å². The minimum absolute atomic E-state index is 0.276. The average molecular weight is 307 g/mol. The number of halogens is 4. The lowest BCUT2D eigenvalue weighted by atomic mass is 10.3. The standard InChI is InChI=1S/C10H6BrF3N2O/c11-7-5-15-16(6-7)8-2-1-3-9(4-8)17-10(12,13)14/h1-6H. The fourth-order valence-electron chi connectivity index (χ4n) is 1.27. The van der Waals surface area contributed by atoms with Gasteiger partial charge in [0, 0.05) is 12.3 Å². The summed E-state index contributed by atoms with van der Waals surface area (Å²) in [7, 11) is 0. The molecule has 0 unspecified atom stereocenters. The third-order valence-electron chi connectivity index (χ3n) is 1.87. The van der Waals surface area contributed by atoms with Gasteiger partial charge in [0.05, 0.1) is 16.4 Å². The van der Waals surface area contributed by atoms with Gasteiger partial charge in [-0.2, -0.15) is 5.10 Å². The van der Waals surface area contributed by atoms with E-state index in [-0.39, 0.29) is 5.75 Å². The number of aromatic nitrogens is 2. The van der Waals surface area contributed by atoms with Crippen molar-refractivity contribution in [1.82, 2.24) is 9.78 Å². The predicted molar refractivity (Wildman–Crippen MR) is 57.9 cm³/mol. The third-order valence-corrected chi connectivity index (χ3v) is 2.28. The van der Waals surface area contributed by atoms with Gasteiger partial charge in [-0.25, -0.2) is 4.68 Å². The molecule has 2 rings (SSSR count). The molecule has 7 heteroatoms. The van der Waals surface area contributed by atoms with Crippen LogP contribution < -0.4 is 4.74 Å². The van der Waals surface area contributed by atoms with Crippen LogP contribution in [0.4, 0.5) is 13.2 Å². The average Bonchev–Trinajstić information content (AvgIpc) is 2.63. The lowest BCUT2D eigenvalue weighted by Crippen LogP contribution is -2.17. The number of hydrogen-bond acceptors (Lipinski definition) is 2. The van der Waals surface area contributed by atoms with Crippen molar-refractivity contribution in [3.05, 3.63) is 41.1 Å². The normalized spacial score (nSPS) is 11.5. The Labute approximate surface area is 103 Å². The highest BCUT2D eigenvalue weighted by atomic mass is 79.9. The van der Waals surface area contributed by atoms with Gasteiger partial charge in [-0.1, -0.05) is 6.07 Å². The van der Waals surface area contributed by atoms with Crippen LogP contribution >= 0.6 is 15.9 Å². The molecule has 1 aromatic carbocycles. The molecule has 0 saturated carbocycles. The first-order valence-corrected chi connectivity index (χ1v) is 5.30. The van der Waals surface area contributed by atoms with Crippen LogP contribution in [-0.4, -0.2) is 16.1 Å². The first-order valence-electron chi connectivity index (χ1n) is 4.50. The third kappa shape index (κ3) is 3.23. The Bertz CT molecular complexity index is 524. The number of rotatable bonds is 2. The van der Waals surface area contributed by atoms with Crippen molar-refractivity contribution in [3.8, 4) is 11.4 Å². The van der Waals surface area contributed by atoms with Crippen LogP contribution in [0.25, 0.3) is 5.69 Å². The maximum atomic E-state index is 12.0. The summed E-state index contributed by atoms with van der Waals surface area (Å²) in [6.45, 7) is 0. The zero-order valence-corrected chi connectivity index (χ0v) is 9.86. The van der Waals surface area contributed by atoms with Crippen LogP contribution in [0.5, 0.6) is 5.75 Å². The highest BCUT2D eigenvalue weighted by molar-refractivity contribution is 9.10. The Hall–Kier alpha value is -1.50. The number of ether oxygens (including phenoxy) is 1. The lowest BCUT2D eigenvalue weighted by molar-refractivity contribution is -0.274. The van der Waals surface area contributed by atoms with E-state index in [1.165, 1.54) is 29.1 Å². The van der Waals surface area contributed by atoms with Crippen molar-refractivity contribution in [2.75, 3.05) is 0 Å². The van der Waals surface area contributed by atoms with Crippen molar-refractivity contribution >= 4 is 15.9 Å². The molecule has 1 aromatic heterocycles. The minimum atomic E-state index is -4.69. The van der Waals surface area contributed by atoms with Gasteiger partial charge in [0.25, 0.3) is 0 Å². The molecule has 0 amide bonds. The van der Waals surface area contributed by atoms with Crippen LogP contribution in [0.15, 0.2) is 41.1 Å². The molecule has 0 N–H and O–H groups in total. The molecule has 1 heterocycles. The van der Waals surface area contributed by atoms with E-state index in [4.69, 9.17) is 0 Å². The summed E-state index contributed by atoms with van der Waals surface area (Å²) in [6, 6.07) is 5.58. The fraction of sp³-hybridized carbons (Fsp3) is 0.100. The van der Waals surface area contributed by atoms with E-state index in [0.717, 1.165) is 4.47 Å². The molecule has 3 nitrogen and oxygen atoms in total. The van der Waals surface area contributed by atoms with Crippen LogP contribution in [0, 0.1) is 0 Å². The molecular weight excluding hydrogens is 301 g/mol. The SMILES string of the molecule is FC(F)(F)Oc1cccc(-n2cc(Br)cn2)c1. The monoisotopic (exact) mass is 306 g/mol. The summed E-state index contributed by atoms with van der Waals surface area (Å²) in [5.74, 6) is -0.276. The number of benzene rings is 1. The molecule has 0 spiro atoms. The van der Waals surface area contributed by atoms with Crippen LogP contribution in [0.3, 0.4) is 0 Å². The molecule has 0 saturated heterocycles. The molecule has 2 aromatic rings. The lowest BCUT2D eigenvalue weighted by Gasteiger charge is -2.09. The van der Waals surface area contributed by atoms with Crippen molar-refractivity contribution < 1.29 is 17.9 Å². The highest BCUT2D eigenvalue weighted by Gasteiger charge is 2.31. The summed E-state index contributed by atoms with van der Waals surface area (Å²) < 4.78 is 42.1. The molecule has 0 aliphatic rings. The summed E-state index contributed by atoms with van der Waals surface area (Å²) in [4.78, 5) is 0. The van der Waals surface area contributed by atoms with E-state index in [1.54, 1.807) is 12.3 Å². The molecule has 0 radical (unpaired) electrons. The smallest absolute Gasteiger partial charge is 0.406 e. The van der Waals surface area contributed by atoms with Crippen molar-refractivity contribution in [2.45, 2.75) is 6.36 Å². The zero-order valence-electron chi connectivity index (χ0n) is 8.28. The summed E-state index contributed by atoms with van der Waals surface area (Å²) >= 11 is 3.20. The van der Waals surface area contributed by atoms with Crippen LogP contribution in [0.1, 0.15) is 0 Å². The summed E-state index contributed by atoms with van der Waals surface area (Å²) in [6.07, 6.45) is -1.52. The summed E-state index contributed by atoms with van der Waals surface area (Å²) in [5.41, 5.74) is 0.484. The first-order chi connectivity index (χ1) is 7.94. The van der Waals surface area contributed by atoms with Crippen molar-refractivity contribution in [2.24, 2.45) is 0 Å². The van der Waals surface area contributed by atoms with Crippen LogP contribution in [0.2, 0.25) is 0 Å². The Morgan fingerprint density at radius 3 is 2.65 bits per heavy atom. The minimum Gasteiger partial charge on any atom is -0.406 e. The van der Waals surface area contributed by atoms with E-state index < -0.39 is 6.36 Å². The molecule has 0 aliphatic carbocycles. The quantitative estimate of drug-likeness (QED) is 0.848. The van der Waals surface area contributed by atoms with Crippen molar-refractivity contribution in [1.29, 1.82) is 0 Å². The van der Waals surface area contributed by atoms with Gasteiger partial charge in [0.1, 0.15) is 5.75 Å². The van der Waals surface area contributed by atoms with E-state index in [1.807, 2.05) is 0 Å². The van der Waals surface area contributed by atoms with Gasteiger partial charge in [0.2, 0.25) is 0 Å². The second kappa shape index (κ2) is 4.40. The Morgan fingerprint density at radius 1 is 1.29 bits per heavy atom. The Morgan fingerprint density at radius 2 is 2.06 bits per heavy atom. The molecule has 0 fully saturated rings. The number of nitrogens with zero attached hydrogens (tertiary/aromatic N) is 2. The second-order valence-electron chi connectivity index (χ2n) is 3.15. The maximum absolute atomic E-state index is 12.0. The molecule has 0 bridgehead atoms. The zero-order chi connectivity index (χ0) is 12.5. The first kappa shape index (κ1) is 12.0. The van der Waals surface area contributed by atoms with E-state index >= 15 is 0 Å². The molecule has 17 heavy (non-hydrogen) atoms. The Kier molecular flexibility index (Phi) is 3.10. The molecular formula is C10H6BrF3N2O.